The molecule has 0 radical (unpaired) electrons. The van der Waals surface area contributed by atoms with Crippen LogP contribution in [0.2, 0.25) is 5.02 Å². The van der Waals surface area contributed by atoms with Crippen molar-refractivity contribution >= 4 is 34.2 Å². The van der Waals surface area contributed by atoms with E-state index in [2.05, 4.69) is 15.4 Å². The number of carbonyl (C=O) groups excluding carboxylic acids is 1. The summed E-state index contributed by atoms with van der Waals surface area (Å²) in [6.07, 6.45) is 2.92. The van der Waals surface area contributed by atoms with E-state index in [0.29, 0.717) is 17.6 Å². The molecule has 0 saturated heterocycles. The van der Waals surface area contributed by atoms with Gasteiger partial charge in [-0.15, -0.1) is 0 Å². The van der Waals surface area contributed by atoms with Crippen LogP contribution in [0.3, 0.4) is 0 Å². The van der Waals surface area contributed by atoms with Crippen molar-refractivity contribution in [2.45, 2.75) is 20.0 Å². The van der Waals surface area contributed by atoms with Gasteiger partial charge in [-0.25, -0.2) is 9.67 Å². The maximum atomic E-state index is 12.9. The molecule has 0 aliphatic rings. The summed E-state index contributed by atoms with van der Waals surface area (Å²) in [4.78, 5) is 40.2. The summed E-state index contributed by atoms with van der Waals surface area (Å²) in [5.41, 5.74) is 1.81. The number of aryl methyl sites for hydroxylation is 1. The number of nitrogens with zero attached hydrogens (tertiary/aromatic N) is 5. The normalized spacial score (nSPS) is 11.0. The van der Waals surface area contributed by atoms with Crippen LogP contribution in [-0.4, -0.2) is 36.7 Å². The molecule has 0 aliphatic carbocycles. The fraction of sp³-hybridized carbons (Fsp3) is 0.182. The Hall–Kier alpha value is -4.05. The summed E-state index contributed by atoms with van der Waals surface area (Å²) in [6.45, 7) is 2.72. The van der Waals surface area contributed by atoms with E-state index in [1.807, 2.05) is 31.2 Å². The Balaban J connectivity index is 1.48. The summed E-state index contributed by atoms with van der Waals surface area (Å²) in [7, 11) is 0. The highest BCUT2D eigenvalue weighted by atomic mass is 35.5. The number of amides is 1. The molecule has 0 atom stereocenters. The van der Waals surface area contributed by atoms with Crippen molar-refractivity contribution in [3.05, 3.63) is 97.2 Å². The van der Waals surface area contributed by atoms with Gasteiger partial charge in [-0.3, -0.25) is 24.3 Å². The molecule has 4 aromatic rings. The largest absolute Gasteiger partial charge is 0.350 e. The predicted molar refractivity (Wildman–Crippen MR) is 123 cm³/mol. The van der Waals surface area contributed by atoms with Crippen molar-refractivity contribution in [1.29, 1.82) is 0 Å². The van der Waals surface area contributed by atoms with Gasteiger partial charge in [0, 0.05) is 17.6 Å². The first-order chi connectivity index (χ1) is 15.8. The molecule has 4 rings (SSSR count). The Morgan fingerprint density at radius 3 is 2.79 bits per heavy atom. The first kappa shape index (κ1) is 22.2. The van der Waals surface area contributed by atoms with Gasteiger partial charge in [0.05, 0.1) is 24.2 Å². The third-order valence-corrected chi connectivity index (χ3v) is 5.47. The molecule has 2 heterocycles. The molecule has 0 unspecified atom stereocenters. The lowest BCUT2D eigenvalue weighted by molar-refractivity contribution is -0.385. The summed E-state index contributed by atoms with van der Waals surface area (Å²) >= 11 is 5.88. The van der Waals surface area contributed by atoms with E-state index < -0.39 is 10.8 Å². The van der Waals surface area contributed by atoms with Crippen LogP contribution < -0.4 is 10.9 Å². The van der Waals surface area contributed by atoms with E-state index in [9.17, 15) is 19.7 Å². The molecular formula is C22H19ClN6O4. The Labute approximate surface area is 192 Å². The lowest BCUT2D eigenvalue weighted by atomic mass is 10.1. The minimum atomic E-state index is -0.641. The number of nitro groups is 1. The molecule has 2 aromatic carbocycles. The maximum absolute atomic E-state index is 12.9. The number of hydrogen-bond acceptors (Lipinski definition) is 6. The molecule has 11 heteroatoms. The Morgan fingerprint density at radius 1 is 1.24 bits per heavy atom. The fourth-order valence-corrected chi connectivity index (χ4v) is 3.64. The van der Waals surface area contributed by atoms with E-state index in [1.54, 1.807) is 0 Å². The summed E-state index contributed by atoms with van der Waals surface area (Å²) in [6, 6.07) is 11.6. The van der Waals surface area contributed by atoms with Crippen molar-refractivity contribution in [3.8, 4) is 0 Å². The molecule has 0 saturated carbocycles. The van der Waals surface area contributed by atoms with Gasteiger partial charge in [0.25, 0.3) is 17.2 Å². The van der Waals surface area contributed by atoms with Gasteiger partial charge in [0.2, 0.25) is 0 Å². The number of halogens is 1. The molecule has 0 bridgehead atoms. The van der Waals surface area contributed by atoms with E-state index in [1.165, 1.54) is 40.0 Å². The first-order valence-electron chi connectivity index (χ1n) is 10.0. The molecule has 10 nitrogen and oxygen atoms in total. The summed E-state index contributed by atoms with van der Waals surface area (Å²) < 4.78 is 3.03. The number of fused-ring (bicyclic) bond motifs is 1. The fourth-order valence-electron chi connectivity index (χ4n) is 3.46. The lowest BCUT2D eigenvalue weighted by Crippen LogP contribution is -2.28. The molecule has 0 spiro atoms. The summed E-state index contributed by atoms with van der Waals surface area (Å²) in [5, 5.41) is 18.6. The topological polar surface area (TPSA) is 125 Å². The van der Waals surface area contributed by atoms with Crippen LogP contribution in [0.5, 0.6) is 0 Å². The van der Waals surface area contributed by atoms with Crippen LogP contribution in [0, 0.1) is 17.0 Å². The zero-order chi connectivity index (χ0) is 23.5. The van der Waals surface area contributed by atoms with Gasteiger partial charge in [-0.05, 0) is 30.2 Å². The zero-order valence-electron chi connectivity index (χ0n) is 17.6. The van der Waals surface area contributed by atoms with Crippen LogP contribution in [0.25, 0.3) is 11.0 Å². The number of benzene rings is 2. The first-order valence-corrected chi connectivity index (χ1v) is 10.4. The second kappa shape index (κ2) is 9.21. The van der Waals surface area contributed by atoms with Crippen LogP contribution in [0.4, 0.5) is 5.69 Å². The van der Waals surface area contributed by atoms with Crippen molar-refractivity contribution in [3.63, 3.8) is 0 Å². The van der Waals surface area contributed by atoms with Gasteiger partial charge in [-0.1, -0.05) is 35.9 Å². The van der Waals surface area contributed by atoms with Crippen molar-refractivity contribution in [1.82, 2.24) is 24.6 Å². The predicted octanol–water partition coefficient (Wildman–Crippen LogP) is 2.94. The highest BCUT2D eigenvalue weighted by molar-refractivity contribution is 6.31. The Morgan fingerprint density at radius 2 is 2.03 bits per heavy atom. The second-order valence-corrected chi connectivity index (χ2v) is 7.82. The molecular weight excluding hydrogens is 448 g/mol. The van der Waals surface area contributed by atoms with Gasteiger partial charge >= 0.3 is 0 Å². The highest BCUT2D eigenvalue weighted by Gasteiger charge is 2.20. The number of aromatic nitrogens is 4. The Bertz CT molecular complexity index is 1430. The quantitative estimate of drug-likeness (QED) is 0.330. The van der Waals surface area contributed by atoms with Crippen LogP contribution in [-0.2, 0) is 13.1 Å². The SMILES string of the molecule is Cc1ccccc1Cn1cnc2c(cnn2CCNC(=O)c2cc(Cl)ccc2[N+](=O)[O-])c1=O. The minimum Gasteiger partial charge on any atom is -0.350 e. The van der Waals surface area contributed by atoms with Gasteiger partial charge in [0.15, 0.2) is 5.65 Å². The van der Waals surface area contributed by atoms with Gasteiger partial charge in [-0.2, -0.15) is 5.10 Å². The van der Waals surface area contributed by atoms with E-state index in [0.717, 1.165) is 11.1 Å². The molecule has 33 heavy (non-hydrogen) atoms. The molecule has 2 aromatic heterocycles. The van der Waals surface area contributed by atoms with E-state index in [-0.39, 0.29) is 34.9 Å². The third-order valence-electron chi connectivity index (χ3n) is 5.23. The lowest BCUT2D eigenvalue weighted by Gasteiger charge is -2.09. The average molecular weight is 467 g/mol. The van der Waals surface area contributed by atoms with Crippen LogP contribution >= 0.6 is 11.6 Å². The average Bonchev–Trinajstić information content (AvgIpc) is 3.20. The second-order valence-electron chi connectivity index (χ2n) is 7.38. The van der Waals surface area contributed by atoms with Crippen molar-refractivity contribution < 1.29 is 9.72 Å². The minimum absolute atomic E-state index is 0.118. The summed E-state index contributed by atoms with van der Waals surface area (Å²) in [5.74, 6) is -0.630. The van der Waals surface area contributed by atoms with Gasteiger partial charge in [0.1, 0.15) is 17.3 Å². The highest BCUT2D eigenvalue weighted by Crippen LogP contribution is 2.22. The number of nitrogens with one attached hydrogen (secondary N) is 1. The zero-order valence-corrected chi connectivity index (χ0v) is 18.3. The monoisotopic (exact) mass is 466 g/mol. The van der Waals surface area contributed by atoms with Crippen LogP contribution in [0.1, 0.15) is 21.5 Å². The molecule has 168 valence electrons. The van der Waals surface area contributed by atoms with Crippen molar-refractivity contribution in [2.24, 2.45) is 0 Å². The van der Waals surface area contributed by atoms with E-state index in [4.69, 9.17) is 11.6 Å². The number of nitro benzene ring substituents is 1. The maximum Gasteiger partial charge on any atom is 0.282 e. The smallest absolute Gasteiger partial charge is 0.282 e. The standard InChI is InChI=1S/C22H19ClN6O4/c1-14-4-2-3-5-15(14)12-27-13-25-20-18(22(27)31)11-26-28(20)9-8-24-21(30)17-10-16(23)6-7-19(17)29(32)33/h2-7,10-11,13H,8-9,12H2,1H3,(H,24,30). The molecule has 1 amide bonds. The Kier molecular flexibility index (Phi) is 6.18. The van der Waals surface area contributed by atoms with E-state index >= 15 is 0 Å². The van der Waals surface area contributed by atoms with Gasteiger partial charge < -0.3 is 5.32 Å². The molecule has 0 aliphatic heterocycles. The molecule has 0 fully saturated rings. The number of rotatable bonds is 7. The van der Waals surface area contributed by atoms with Crippen molar-refractivity contribution in [2.75, 3.05) is 6.54 Å². The molecule has 1 N–H and O–H groups in total. The number of hydrogen-bond donors (Lipinski definition) is 1. The number of carbonyl (C=O) groups is 1. The third kappa shape index (κ3) is 4.60. The van der Waals surface area contributed by atoms with Crippen LogP contribution in [0.15, 0.2) is 59.8 Å².